The predicted octanol–water partition coefficient (Wildman–Crippen LogP) is 4.20. The molecular weight excluding hydrogens is 329 g/mol. The molecule has 2 N–H and O–H groups in total. The number of anilines is 1. The van der Waals surface area contributed by atoms with E-state index in [9.17, 15) is 4.79 Å². The molecule has 0 aliphatic heterocycles. The molecule has 0 spiro atoms. The van der Waals surface area contributed by atoms with E-state index in [1.54, 1.807) is 12.1 Å². The first-order chi connectivity index (χ1) is 10.1. The van der Waals surface area contributed by atoms with Crippen molar-refractivity contribution in [3.63, 3.8) is 0 Å². The Balaban J connectivity index is 2.02. The Morgan fingerprint density at radius 1 is 1.33 bits per heavy atom. The third-order valence-corrected chi connectivity index (χ3v) is 4.09. The lowest BCUT2D eigenvalue weighted by Gasteiger charge is -2.08. The first-order valence-corrected chi connectivity index (χ1v) is 8.09. The second-order valence-electron chi connectivity index (χ2n) is 4.38. The average Bonchev–Trinajstić information content (AvgIpc) is 2.87. The highest BCUT2D eigenvalue weighted by atomic mass is 35.5. The summed E-state index contributed by atoms with van der Waals surface area (Å²) in [6.07, 6.45) is 0.967. The molecule has 2 aromatic rings. The van der Waals surface area contributed by atoms with Crippen LogP contribution < -0.4 is 10.6 Å². The Kier molecular flexibility index (Phi) is 5.85. The molecule has 21 heavy (non-hydrogen) atoms. The maximum Gasteiger partial charge on any atom is 0.251 e. The highest BCUT2D eigenvalue weighted by Gasteiger charge is 2.09. The van der Waals surface area contributed by atoms with E-state index >= 15 is 0 Å². The third-order valence-electron chi connectivity index (χ3n) is 2.66. The molecule has 0 atom stereocenters. The van der Waals surface area contributed by atoms with Gasteiger partial charge in [0, 0.05) is 17.0 Å². The van der Waals surface area contributed by atoms with Crippen molar-refractivity contribution in [3.8, 4) is 0 Å². The van der Waals surface area contributed by atoms with Crippen molar-refractivity contribution in [2.24, 2.45) is 0 Å². The van der Waals surface area contributed by atoms with Crippen LogP contribution in [0.15, 0.2) is 24.3 Å². The molecule has 0 unspecified atom stereocenters. The van der Waals surface area contributed by atoms with Gasteiger partial charge in [0.2, 0.25) is 0 Å². The van der Waals surface area contributed by atoms with Gasteiger partial charge in [0.1, 0.15) is 11.0 Å². The van der Waals surface area contributed by atoms with Crippen molar-refractivity contribution >= 4 is 46.3 Å². The van der Waals surface area contributed by atoms with E-state index in [1.807, 2.05) is 12.1 Å². The molecule has 0 radical (unpaired) electrons. The number of aromatic nitrogens is 1. The van der Waals surface area contributed by atoms with Crippen LogP contribution in [-0.2, 0) is 6.54 Å². The van der Waals surface area contributed by atoms with E-state index in [2.05, 4.69) is 22.5 Å². The van der Waals surface area contributed by atoms with E-state index in [1.165, 1.54) is 11.3 Å². The molecule has 2 rings (SSSR count). The lowest BCUT2D eigenvalue weighted by atomic mass is 10.2. The molecule has 0 aliphatic rings. The van der Waals surface area contributed by atoms with Gasteiger partial charge >= 0.3 is 0 Å². The van der Waals surface area contributed by atoms with Crippen molar-refractivity contribution in [1.29, 1.82) is 0 Å². The second-order valence-corrected chi connectivity index (χ2v) is 6.57. The molecule has 0 aliphatic carbocycles. The van der Waals surface area contributed by atoms with E-state index < -0.39 is 0 Å². The van der Waals surface area contributed by atoms with Crippen molar-refractivity contribution in [1.82, 2.24) is 10.3 Å². The molecular formula is C14H15Cl2N3OS. The lowest BCUT2D eigenvalue weighted by molar-refractivity contribution is 0.0951. The van der Waals surface area contributed by atoms with Gasteiger partial charge in [-0.05, 0) is 30.7 Å². The van der Waals surface area contributed by atoms with Gasteiger partial charge in [0.05, 0.1) is 10.9 Å². The summed E-state index contributed by atoms with van der Waals surface area (Å²) >= 11 is 13.2. The smallest absolute Gasteiger partial charge is 0.251 e. The minimum atomic E-state index is -0.191. The number of nitrogens with zero attached hydrogens (tertiary/aromatic N) is 1. The summed E-state index contributed by atoms with van der Waals surface area (Å²) in [7, 11) is 0. The zero-order chi connectivity index (χ0) is 15.2. The summed E-state index contributed by atoms with van der Waals surface area (Å²) in [6, 6.07) is 6.94. The van der Waals surface area contributed by atoms with Crippen LogP contribution in [-0.4, -0.2) is 17.4 Å². The molecule has 0 fully saturated rings. The van der Waals surface area contributed by atoms with E-state index in [0.717, 1.165) is 17.8 Å². The number of rotatable bonds is 6. The van der Waals surface area contributed by atoms with E-state index in [0.29, 0.717) is 27.4 Å². The van der Waals surface area contributed by atoms with E-state index in [-0.39, 0.29) is 5.91 Å². The van der Waals surface area contributed by atoms with E-state index in [4.69, 9.17) is 23.2 Å². The fourth-order valence-electron chi connectivity index (χ4n) is 1.69. The Morgan fingerprint density at radius 3 is 2.81 bits per heavy atom. The Hall–Kier alpha value is -1.30. The molecule has 2 aromatic heterocycles. The molecule has 0 bridgehead atoms. The molecule has 7 heteroatoms. The first-order valence-electron chi connectivity index (χ1n) is 6.52. The van der Waals surface area contributed by atoms with Crippen molar-refractivity contribution in [2.75, 3.05) is 11.9 Å². The number of carbonyl (C=O) groups is 1. The maximum atomic E-state index is 12.1. The van der Waals surface area contributed by atoms with Crippen LogP contribution in [0.1, 0.15) is 28.6 Å². The number of hydrogen-bond donors (Lipinski definition) is 2. The quantitative estimate of drug-likeness (QED) is 0.772. The van der Waals surface area contributed by atoms with Crippen LogP contribution in [0, 0.1) is 0 Å². The number of hydrogen-bond acceptors (Lipinski definition) is 4. The molecule has 0 saturated carbocycles. The van der Waals surface area contributed by atoms with Crippen molar-refractivity contribution in [3.05, 3.63) is 44.2 Å². The molecule has 0 aromatic carbocycles. The summed E-state index contributed by atoms with van der Waals surface area (Å²) in [5.41, 5.74) is 0.483. The Morgan fingerprint density at radius 2 is 2.14 bits per heavy atom. The highest BCUT2D eigenvalue weighted by molar-refractivity contribution is 7.16. The monoisotopic (exact) mass is 343 g/mol. The zero-order valence-corrected chi connectivity index (χ0v) is 13.8. The largest absolute Gasteiger partial charge is 0.370 e. The summed E-state index contributed by atoms with van der Waals surface area (Å²) in [5.74, 6) is 0.414. The van der Waals surface area contributed by atoms with Gasteiger partial charge in [-0.15, -0.1) is 11.3 Å². The van der Waals surface area contributed by atoms with Crippen LogP contribution in [0.3, 0.4) is 0 Å². The van der Waals surface area contributed by atoms with Crippen LogP contribution in [0.2, 0.25) is 9.49 Å². The van der Waals surface area contributed by atoms with Gasteiger partial charge < -0.3 is 10.6 Å². The van der Waals surface area contributed by atoms with Crippen LogP contribution in [0.4, 0.5) is 5.82 Å². The molecule has 2 heterocycles. The Bertz CT molecular complexity index is 630. The predicted molar refractivity (Wildman–Crippen MR) is 88.5 cm³/mol. The summed E-state index contributed by atoms with van der Waals surface area (Å²) in [5, 5.41) is 6.25. The standard InChI is InChI=1S/C14H15Cl2N3OS/c1-2-5-17-13-7-9(6-11(15)19-13)14(20)18-8-10-3-4-12(16)21-10/h3-4,6-7H,2,5,8H2,1H3,(H,17,19)(H,18,20). The first kappa shape index (κ1) is 16.1. The van der Waals surface area contributed by atoms with Crippen LogP contribution in [0.25, 0.3) is 0 Å². The zero-order valence-electron chi connectivity index (χ0n) is 11.5. The van der Waals surface area contributed by atoms with Crippen molar-refractivity contribution < 1.29 is 4.79 Å². The number of amides is 1. The second kappa shape index (κ2) is 7.64. The number of nitrogens with one attached hydrogen (secondary N) is 2. The number of pyridine rings is 1. The van der Waals surface area contributed by atoms with Gasteiger partial charge in [0.15, 0.2) is 0 Å². The van der Waals surface area contributed by atoms with Gasteiger partial charge in [-0.1, -0.05) is 30.1 Å². The molecule has 4 nitrogen and oxygen atoms in total. The highest BCUT2D eigenvalue weighted by Crippen LogP contribution is 2.21. The third kappa shape index (κ3) is 4.88. The fourth-order valence-corrected chi connectivity index (χ4v) is 2.92. The van der Waals surface area contributed by atoms with Crippen LogP contribution >= 0.6 is 34.5 Å². The van der Waals surface area contributed by atoms with Gasteiger partial charge in [-0.3, -0.25) is 4.79 Å². The molecule has 0 saturated heterocycles. The summed E-state index contributed by atoms with van der Waals surface area (Å²) in [6.45, 7) is 3.27. The number of halogens is 2. The Labute approximate surface area is 137 Å². The molecule has 112 valence electrons. The lowest BCUT2D eigenvalue weighted by Crippen LogP contribution is -2.22. The normalized spacial score (nSPS) is 10.4. The van der Waals surface area contributed by atoms with Gasteiger partial charge in [-0.25, -0.2) is 4.98 Å². The molecule has 1 amide bonds. The fraction of sp³-hybridized carbons (Fsp3) is 0.286. The number of carbonyl (C=O) groups excluding carboxylic acids is 1. The average molecular weight is 344 g/mol. The number of thiophene rings is 1. The summed E-state index contributed by atoms with van der Waals surface area (Å²) < 4.78 is 0.706. The van der Waals surface area contributed by atoms with Crippen molar-refractivity contribution in [2.45, 2.75) is 19.9 Å². The van der Waals surface area contributed by atoms with Gasteiger partial charge in [0.25, 0.3) is 5.91 Å². The maximum absolute atomic E-state index is 12.1. The minimum absolute atomic E-state index is 0.191. The van der Waals surface area contributed by atoms with Crippen LogP contribution in [0.5, 0.6) is 0 Å². The van der Waals surface area contributed by atoms with Gasteiger partial charge in [-0.2, -0.15) is 0 Å². The SMILES string of the molecule is CCCNc1cc(C(=O)NCc2ccc(Cl)s2)cc(Cl)n1. The minimum Gasteiger partial charge on any atom is -0.370 e. The topological polar surface area (TPSA) is 54.0 Å². The summed E-state index contributed by atoms with van der Waals surface area (Å²) in [4.78, 5) is 17.3.